The van der Waals surface area contributed by atoms with Crippen LogP contribution in [-0.2, 0) is 13.6 Å². The molecule has 0 unspecified atom stereocenters. The number of carbonyl (C=O) groups is 1. The van der Waals surface area contributed by atoms with Gasteiger partial charge in [0.1, 0.15) is 18.2 Å². The van der Waals surface area contributed by atoms with Gasteiger partial charge in [0.05, 0.1) is 29.4 Å². The van der Waals surface area contributed by atoms with Crippen LogP contribution < -0.4 is 10.5 Å². The SMILES string of the molecule is CC(C)c1c(-c2cccc3nn(C[C@H](O)c4ccccc4)cc23)nc(-c2ccc(C(N)=O)cc2OCC(F)F)n1C. The van der Waals surface area contributed by atoms with Crippen LogP contribution in [0.4, 0.5) is 8.78 Å². The second-order valence-corrected chi connectivity index (χ2v) is 10.2. The van der Waals surface area contributed by atoms with E-state index in [1.807, 2.05) is 66.3 Å². The Bertz CT molecular complexity index is 1700. The monoisotopic (exact) mass is 559 g/mol. The Morgan fingerprint density at radius 1 is 1.05 bits per heavy atom. The van der Waals surface area contributed by atoms with Gasteiger partial charge in [0.2, 0.25) is 5.91 Å². The zero-order valence-corrected chi connectivity index (χ0v) is 23.0. The van der Waals surface area contributed by atoms with E-state index in [1.54, 1.807) is 10.7 Å². The second-order valence-electron chi connectivity index (χ2n) is 10.2. The van der Waals surface area contributed by atoms with Gasteiger partial charge in [-0.2, -0.15) is 5.10 Å². The van der Waals surface area contributed by atoms with Gasteiger partial charge < -0.3 is 20.1 Å². The first-order valence-electron chi connectivity index (χ1n) is 13.2. The third-order valence-corrected chi connectivity index (χ3v) is 6.95. The van der Waals surface area contributed by atoms with Gasteiger partial charge in [-0.3, -0.25) is 9.48 Å². The van der Waals surface area contributed by atoms with Gasteiger partial charge in [-0.25, -0.2) is 13.8 Å². The number of fused-ring (bicyclic) bond motifs is 1. The smallest absolute Gasteiger partial charge is 0.272 e. The molecular formula is C31H31F2N5O3. The summed E-state index contributed by atoms with van der Waals surface area (Å²) in [5.41, 5.74) is 10.1. The number of halogens is 2. The lowest BCUT2D eigenvalue weighted by molar-refractivity contribution is 0.0821. The number of nitrogens with two attached hydrogens (primary N) is 1. The molecule has 10 heteroatoms. The maximum atomic E-state index is 13.1. The molecule has 1 amide bonds. The number of amides is 1. The first kappa shape index (κ1) is 28.0. The van der Waals surface area contributed by atoms with Gasteiger partial charge in [-0.05, 0) is 35.7 Å². The molecule has 0 bridgehead atoms. The summed E-state index contributed by atoms with van der Waals surface area (Å²) in [5.74, 6) is -0.0509. The molecule has 2 heterocycles. The fourth-order valence-electron chi connectivity index (χ4n) is 5.09. The molecular weight excluding hydrogens is 528 g/mol. The van der Waals surface area contributed by atoms with Gasteiger partial charge in [0.15, 0.2) is 0 Å². The lowest BCUT2D eigenvalue weighted by Crippen LogP contribution is -2.13. The Morgan fingerprint density at radius 2 is 1.80 bits per heavy atom. The molecule has 41 heavy (non-hydrogen) atoms. The summed E-state index contributed by atoms with van der Waals surface area (Å²) < 4.78 is 35.2. The summed E-state index contributed by atoms with van der Waals surface area (Å²) in [6.07, 6.45) is -1.52. The molecule has 0 spiro atoms. The number of aliphatic hydroxyl groups is 1. The van der Waals surface area contributed by atoms with Crippen molar-refractivity contribution in [3.05, 3.63) is 89.7 Å². The minimum atomic E-state index is -2.70. The Labute approximate surface area is 236 Å². The summed E-state index contributed by atoms with van der Waals surface area (Å²) in [5, 5.41) is 16.3. The van der Waals surface area contributed by atoms with Crippen LogP contribution >= 0.6 is 0 Å². The Morgan fingerprint density at radius 3 is 2.49 bits per heavy atom. The predicted octanol–water partition coefficient (Wildman–Crippen LogP) is 5.70. The zero-order valence-electron chi connectivity index (χ0n) is 23.0. The quantitative estimate of drug-likeness (QED) is 0.228. The van der Waals surface area contributed by atoms with Crippen LogP contribution in [0, 0.1) is 0 Å². The number of ether oxygens (including phenoxy) is 1. The van der Waals surface area contributed by atoms with Gasteiger partial charge in [-0.1, -0.05) is 56.3 Å². The average molecular weight is 560 g/mol. The highest BCUT2D eigenvalue weighted by molar-refractivity contribution is 5.95. The number of carbonyl (C=O) groups excluding carboxylic acids is 1. The van der Waals surface area contributed by atoms with Crippen molar-refractivity contribution in [1.82, 2.24) is 19.3 Å². The summed E-state index contributed by atoms with van der Waals surface area (Å²) >= 11 is 0. The van der Waals surface area contributed by atoms with Crippen LogP contribution in [-0.4, -0.2) is 43.4 Å². The lowest BCUT2D eigenvalue weighted by Gasteiger charge is -2.14. The molecule has 0 saturated heterocycles. The van der Waals surface area contributed by atoms with E-state index in [0.29, 0.717) is 17.1 Å². The van der Waals surface area contributed by atoms with E-state index in [-0.39, 0.29) is 23.8 Å². The molecule has 0 saturated carbocycles. The van der Waals surface area contributed by atoms with Crippen LogP contribution in [0.2, 0.25) is 0 Å². The molecule has 5 aromatic rings. The van der Waals surface area contributed by atoms with Crippen molar-refractivity contribution >= 4 is 16.8 Å². The zero-order chi connectivity index (χ0) is 29.3. The van der Waals surface area contributed by atoms with Crippen molar-refractivity contribution in [3.63, 3.8) is 0 Å². The number of aliphatic hydroxyl groups excluding tert-OH is 1. The molecule has 0 aliphatic carbocycles. The first-order valence-corrected chi connectivity index (χ1v) is 13.2. The third kappa shape index (κ3) is 5.69. The number of nitrogens with zero attached hydrogens (tertiary/aromatic N) is 4. The minimum Gasteiger partial charge on any atom is -0.487 e. The van der Waals surface area contributed by atoms with Crippen LogP contribution in [0.3, 0.4) is 0 Å². The molecule has 0 aliphatic heterocycles. The lowest BCUT2D eigenvalue weighted by atomic mass is 10.0. The van der Waals surface area contributed by atoms with E-state index < -0.39 is 25.0 Å². The second kappa shape index (κ2) is 11.5. The standard InChI is InChI=1S/C31H31F2N5O3/c1-18(2)29-28(35-31(37(29)3)22-13-12-20(30(34)40)14-26(22)41-17-27(32)33)21-10-7-11-24-23(21)15-38(36-24)16-25(39)19-8-5-4-6-9-19/h4-15,18,25,27,39H,16-17H2,1-3H3,(H2,34,40)/t25-/m0/s1. The highest BCUT2D eigenvalue weighted by atomic mass is 19.3. The minimum absolute atomic E-state index is 0.0526. The largest absolute Gasteiger partial charge is 0.487 e. The fourth-order valence-corrected chi connectivity index (χ4v) is 5.09. The molecule has 3 aromatic carbocycles. The summed E-state index contributed by atoms with van der Waals surface area (Å²) in [4.78, 5) is 16.8. The van der Waals surface area contributed by atoms with Crippen molar-refractivity contribution in [3.8, 4) is 28.4 Å². The van der Waals surface area contributed by atoms with Gasteiger partial charge in [-0.15, -0.1) is 0 Å². The predicted molar refractivity (Wildman–Crippen MR) is 153 cm³/mol. The van der Waals surface area contributed by atoms with Crippen molar-refractivity contribution in [2.45, 2.75) is 38.8 Å². The van der Waals surface area contributed by atoms with Crippen LogP contribution in [0.5, 0.6) is 5.75 Å². The van der Waals surface area contributed by atoms with Crippen LogP contribution in [0.15, 0.2) is 72.9 Å². The highest BCUT2D eigenvalue weighted by Gasteiger charge is 2.24. The molecule has 5 rings (SSSR count). The molecule has 0 fully saturated rings. The number of aromatic nitrogens is 4. The Balaban J connectivity index is 1.60. The van der Waals surface area contributed by atoms with Crippen molar-refractivity contribution in [2.24, 2.45) is 12.8 Å². The number of hydrogen-bond acceptors (Lipinski definition) is 5. The molecule has 8 nitrogen and oxygen atoms in total. The summed E-state index contributed by atoms with van der Waals surface area (Å²) in [6, 6.07) is 19.7. The Hall–Kier alpha value is -4.57. The first-order chi connectivity index (χ1) is 19.6. The topological polar surface area (TPSA) is 108 Å². The number of benzene rings is 3. The number of primary amides is 1. The number of hydrogen-bond donors (Lipinski definition) is 2. The van der Waals surface area contributed by atoms with E-state index >= 15 is 0 Å². The molecule has 3 N–H and O–H groups in total. The molecule has 0 aliphatic rings. The average Bonchev–Trinajstić information content (AvgIpc) is 3.52. The number of rotatable bonds is 10. The number of imidazole rings is 1. The van der Waals surface area contributed by atoms with E-state index in [4.69, 9.17) is 20.6 Å². The van der Waals surface area contributed by atoms with E-state index in [1.165, 1.54) is 12.1 Å². The van der Waals surface area contributed by atoms with E-state index in [0.717, 1.165) is 27.7 Å². The van der Waals surface area contributed by atoms with E-state index in [9.17, 15) is 18.7 Å². The van der Waals surface area contributed by atoms with Gasteiger partial charge in [0, 0.05) is 35.5 Å². The van der Waals surface area contributed by atoms with Crippen LogP contribution in [0.25, 0.3) is 33.5 Å². The normalized spacial score (nSPS) is 12.4. The summed E-state index contributed by atoms with van der Waals surface area (Å²) in [7, 11) is 1.86. The fraction of sp³-hybridized carbons (Fsp3) is 0.258. The number of alkyl halides is 2. The molecule has 2 aromatic heterocycles. The van der Waals surface area contributed by atoms with E-state index in [2.05, 4.69) is 13.8 Å². The van der Waals surface area contributed by atoms with Crippen molar-refractivity contribution < 1.29 is 23.4 Å². The third-order valence-electron chi connectivity index (χ3n) is 6.95. The van der Waals surface area contributed by atoms with Crippen molar-refractivity contribution in [2.75, 3.05) is 6.61 Å². The molecule has 212 valence electrons. The molecule has 1 atom stereocenters. The van der Waals surface area contributed by atoms with Gasteiger partial charge in [0.25, 0.3) is 6.43 Å². The Kier molecular flexibility index (Phi) is 7.85. The van der Waals surface area contributed by atoms with Crippen molar-refractivity contribution in [1.29, 1.82) is 0 Å². The highest BCUT2D eigenvalue weighted by Crippen LogP contribution is 2.39. The molecule has 0 radical (unpaired) electrons. The maximum Gasteiger partial charge on any atom is 0.272 e. The summed E-state index contributed by atoms with van der Waals surface area (Å²) in [6.45, 7) is 3.54. The van der Waals surface area contributed by atoms with Gasteiger partial charge >= 0.3 is 0 Å². The maximum absolute atomic E-state index is 13.1. The van der Waals surface area contributed by atoms with Crippen LogP contribution in [0.1, 0.15) is 47.5 Å².